The minimum atomic E-state index is -3.67. The summed E-state index contributed by atoms with van der Waals surface area (Å²) in [5, 5.41) is 2.27. The van der Waals surface area contributed by atoms with Gasteiger partial charge in [0.2, 0.25) is 9.84 Å². The molecular formula is C48H64O4S5. The first-order valence-corrected chi connectivity index (χ1v) is 26.6. The summed E-state index contributed by atoms with van der Waals surface area (Å²) in [5.74, 6) is 1.95. The fourth-order valence-electron chi connectivity index (χ4n) is 7.83. The molecule has 0 saturated heterocycles. The average molecular weight is 865 g/mol. The second-order valence-corrected chi connectivity index (χ2v) is 22.3. The van der Waals surface area contributed by atoms with Crippen molar-refractivity contribution in [2.45, 2.75) is 157 Å². The van der Waals surface area contributed by atoms with E-state index in [1.807, 2.05) is 12.2 Å². The van der Waals surface area contributed by atoms with Crippen molar-refractivity contribution in [3.05, 3.63) is 67.1 Å². The van der Waals surface area contributed by atoms with Gasteiger partial charge < -0.3 is 9.47 Å². The first-order chi connectivity index (χ1) is 27.7. The van der Waals surface area contributed by atoms with Crippen molar-refractivity contribution in [1.82, 2.24) is 0 Å². The molecule has 0 N–H and O–H groups in total. The average Bonchev–Trinajstić information content (AvgIpc) is 4.02. The Kier molecular flexibility index (Phi) is 16.4. The second-order valence-electron chi connectivity index (χ2n) is 15.8. The zero-order valence-electron chi connectivity index (χ0n) is 35.3. The van der Waals surface area contributed by atoms with Gasteiger partial charge in [0.15, 0.2) is 0 Å². The van der Waals surface area contributed by atoms with E-state index < -0.39 is 9.84 Å². The number of fused-ring (bicyclic) bond motifs is 2. The molecule has 4 nitrogen and oxygen atoms in total. The van der Waals surface area contributed by atoms with E-state index in [0.29, 0.717) is 23.0 Å². The van der Waals surface area contributed by atoms with Crippen molar-refractivity contribution in [2.75, 3.05) is 13.2 Å². The topological polar surface area (TPSA) is 52.6 Å². The fourth-order valence-corrected chi connectivity index (χ4v) is 14.6. The summed E-state index contributed by atoms with van der Waals surface area (Å²) in [4.78, 5) is 7.41. The van der Waals surface area contributed by atoms with E-state index in [2.05, 4.69) is 65.8 Å². The maximum absolute atomic E-state index is 14.4. The number of allylic oxidation sites excluding steroid dienone is 2. The van der Waals surface area contributed by atoms with Gasteiger partial charge in [0.05, 0.1) is 32.4 Å². The molecule has 0 saturated carbocycles. The normalized spacial score (nSPS) is 13.9. The molecule has 4 aromatic heterocycles. The van der Waals surface area contributed by atoms with Crippen molar-refractivity contribution >= 4 is 85.2 Å². The van der Waals surface area contributed by atoms with Gasteiger partial charge in [-0.25, -0.2) is 8.42 Å². The zero-order valence-corrected chi connectivity index (χ0v) is 39.4. The summed E-state index contributed by atoms with van der Waals surface area (Å²) in [5.41, 5.74) is 2.53. The zero-order chi connectivity index (χ0) is 40.4. The quantitative estimate of drug-likeness (QED) is 0.0549. The van der Waals surface area contributed by atoms with Gasteiger partial charge in [-0.15, -0.1) is 45.3 Å². The van der Waals surface area contributed by atoms with E-state index in [1.54, 1.807) is 45.3 Å². The molecule has 1 aliphatic heterocycles. The Bertz CT molecular complexity index is 2190. The Hall–Kier alpha value is -2.43. The lowest BCUT2D eigenvalue weighted by Gasteiger charge is -2.13. The molecule has 0 spiro atoms. The SMILES string of the molecule is CCCCCCOc1c2cc(-c3sc(C4=CC=C(c5cc(CCCCCC)c(C)s5)S4(=O)=O)cc3CCCCCC)sc2c(OCCCCCC)c2cc(C)sc12. The smallest absolute Gasteiger partial charge is 0.209 e. The molecule has 57 heavy (non-hydrogen) atoms. The summed E-state index contributed by atoms with van der Waals surface area (Å²) in [6, 6.07) is 8.93. The van der Waals surface area contributed by atoms with E-state index in [9.17, 15) is 8.42 Å². The lowest BCUT2D eigenvalue weighted by Crippen LogP contribution is -2.00. The lowest BCUT2D eigenvalue weighted by atomic mass is 10.1. The van der Waals surface area contributed by atoms with E-state index >= 15 is 0 Å². The van der Waals surface area contributed by atoms with E-state index in [1.165, 1.54) is 112 Å². The first kappa shape index (κ1) is 44.1. The van der Waals surface area contributed by atoms with Gasteiger partial charge in [-0.3, -0.25) is 0 Å². The third-order valence-corrected chi connectivity index (χ3v) is 17.9. The van der Waals surface area contributed by atoms with Gasteiger partial charge in [0.25, 0.3) is 0 Å². The predicted molar refractivity (Wildman–Crippen MR) is 254 cm³/mol. The molecule has 0 fully saturated rings. The number of benzene rings is 1. The van der Waals surface area contributed by atoms with Gasteiger partial charge in [-0.1, -0.05) is 105 Å². The number of sulfone groups is 1. The molecule has 1 aliphatic rings. The van der Waals surface area contributed by atoms with Crippen LogP contribution in [0.5, 0.6) is 11.5 Å². The van der Waals surface area contributed by atoms with E-state index in [0.717, 1.165) is 75.3 Å². The molecule has 5 heterocycles. The van der Waals surface area contributed by atoms with Crippen LogP contribution in [0.25, 0.3) is 39.7 Å². The van der Waals surface area contributed by atoms with Crippen LogP contribution in [0.2, 0.25) is 0 Å². The number of thiophene rings is 4. The molecule has 0 aliphatic carbocycles. The highest BCUT2D eigenvalue weighted by molar-refractivity contribution is 8.09. The molecule has 9 heteroatoms. The highest BCUT2D eigenvalue weighted by Gasteiger charge is 2.33. The van der Waals surface area contributed by atoms with Crippen molar-refractivity contribution in [2.24, 2.45) is 0 Å². The van der Waals surface area contributed by atoms with Crippen molar-refractivity contribution in [1.29, 1.82) is 0 Å². The van der Waals surface area contributed by atoms with Crippen LogP contribution in [-0.4, -0.2) is 21.6 Å². The Morgan fingerprint density at radius 3 is 1.58 bits per heavy atom. The maximum atomic E-state index is 14.4. The highest BCUT2D eigenvalue weighted by atomic mass is 32.2. The summed E-state index contributed by atoms with van der Waals surface area (Å²) < 4.78 is 44.6. The van der Waals surface area contributed by atoms with E-state index in [4.69, 9.17) is 9.47 Å². The Morgan fingerprint density at radius 1 is 0.509 bits per heavy atom. The van der Waals surface area contributed by atoms with Gasteiger partial charge in [-0.05, 0) is 99.9 Å². The lowest BCUT2D eigenvalue weighted by molar-refractivity contribution is 0.307. The molecule has 0 bridgehead atoms. The highest BCUT2D eigenvalue weighted by Crippen LogP contribution is 2.53. The third kappa shape index (κ3) is 10.5. The van der Waals surface area contributed by atoms with Crippen LogP contribution in [0.4, 0.5) is 0 Å². The Labute approximate surface area is 359 Å². The Morgan fingerprint density at radius 2 is 1.00 bits per heavy atom. The van der Waals surface area contributed by atoms with Crippen LogP contribution in [0.3, 0.4) is 0 Å². The van der Waals surface area contributed by atoms with Crippen LogP contribution in [0, 0.1) is 13.8 Å². The number of rotatable bonds is 25. The molecular weight excluding hydrogens is 801 g/mol. The minimum absolute atomic E-state index is 0.434. The number of unbranched alkanes of at least 4 members (excludes halogenated alkanes) is 12. The minimum Gasteiger partial charge on any atom is -0.491 e. The van der Waals surface area contributed by atoms with Crippen LogP contribution < -0.4 is 9.47 Å². The van der Waals surface area contributed by atoms with E-state index in [-0.39, 0.29) is 0 Å². The molecule has 0 amide bonds. The van der Waals surface area contributed by atoms with Crippen molar-refractivity contribution in [3.63, 3.8) is 0 Å². The summed E-state index contributed by atoms with van der Waals surface area (Å²) in [6.45, 7) is 14.7. The van der Waals surface area contributed by atoms with Gasteiger partial charge in [0, 0.05) is 40.0 Å². The monoisotopic (exact) mass is 864 g/mol. The molecule has 0 atom stereocenters. The van der Waals surface area contributed by atoms with Gasteiger partial charge in [-0.2, -0.15) is 0 Å². The van der Waals surface area contributed by atoms with Crippen molar-refractivity contribution < 1.29 is 17.9 Å². The molecule has 0 radical (unpaired) electrons. The van der Waals surface area contributed by atoms with Crippen LogP contribution in [0.15, 0.2) is 36.4 Å². The molecule has 0 unspecified atom stereocenters. The molecule has 1 aromatic carbocycles. The van der Waals surface area contributed by atoms with Crippen LogP contribution in [0.1, 0.15) is 161 Å². The predicted octanol–water partition coefficient (Wildman–Crippen LogP) is 16.5. The molecule has 5 aromatic rings. The second kappa shape index (κ2) is 21.2. The summed E-state index contributed by atoms with van der Waals surface area (Å²) in [6.07, 6.45) is 24.3. The standard InChI is InChI=1S/C48H64O4S5/c1-7-11-15-19-23-35-30-39(54-34(35)6)42-25-26-43(57(42,49)50)40-31-36(24-20-16-12-8-2)46(55-40)41-32-38-45(52-28-22-18-14-10-4)47-37(29-33(5)53-47)44(48(38)56-41)51-27-21-17-13-9-3/h25-26,29-32H,7-24,27-28H2,1-6H3. The number of hydrogen-bond donors (Lipinski definition) is 0. The summed E-state index contributed by atoms with van der Waals surface area (Å²) >= 11 is 6.85. The first-order valence-electron chi connectivity index (χ1n) is 21.9. The number of aryl methyl sites for hydroxylation is 4. The summed E-state index contributed by atoms with van der Waals surface area (Å²) in [7, 11) is -3.67. The number of hydrogen-bond acceptors (Lipinski definition) is 8. The van der Waals surface area contributed by atoms with Gasteiger partial charge >= 0.3 is 0 Å². The Balaban J connectivity index is 1.38. The largest absolute Gasteiger partial charge is 0.491 e. The molecule has 6 rings (SSSR count). The van der Waals surface area contributed by atoms with Crippen molar-refractivity contribution in [3.8, 4) is 21.3 Å². The molecule has 310 valence electrons. The van der Waals surface area contributed by atoms with Crippen LogP contribution >= 0.6 is 45.3 Å². The third-order valence-electron chi connectivity index (χ3n) is 11.1. The fraction of sp³-hybridized carbons (Fsp3) is 0.542. The van der Waals surface area contributed by atoms with Crippen LogP contribution in [-0.2, 0) is 22.7 Å². The van der Waals surface area contributed by atoms with Gasteiger partial charge in [0.1, 0.15) is 11.5 Å². The maximum Gasteiger partial charge on any atom is 0.209 e. The number of ether oxygens (including phenoxy) is 2.